The molecule has 2 aromatic heterocycles. The van der Waals surface area contributed by atoms with Gasteiger partial charge in [0.05, 0.1) is 7.11 Å². The van der Waals surface area contributed by atoms with Crippen molar-refractivity contribution in [1.29, 1.82) is 0 Å². The molecule has 0 saturated carbocycles. The molecule has 2 radical (unpaired) electrons. The minimum Gasteiger partial charge on any atom is -0.464 e. The molecule has 2 N–H and O–H groups in total. The fourth-order valence-electron chi connectivity index (χ4n) is 1.45. The van der Waals surface area contributed by atoms with Gasteiger partial charge in [0, 0.05) is 17.9 Å². The van der Waals surface area contributed by atoms with Crippen molar-refractivity contribution in [2.75, 3.05) is 7.11 Å². The standard InChI is InChI=1S/C11H10BN5O2/c1-19-11(18)7-5-9(14-4-2-3-13)17-10(15-7)6-8(12)16-17/h2-6H,13H2,1H3. The van der Waals surface area contributed by atoms with Crippen LogP contribution in [0.15, 0.2) is 29.4 Å². The lowest BCUT2D eigenvalue weighted by atomic mass is 10.1. The number of nitrogens with zero attached hydrogens (tertiary/aromatic N) is 4. The smallest absolute Gasteiger partial charge is 0.356 e. The van der Waals surface area contributed by atoms with E-state index in [9.17, 15) is 4.79 Å². The van der Waals surface area contributed by atoms with E-state index in [4.69, 9.17) is 13.6 Å². The predicted octanol–water partition coefficient (Wildman–Crippen LogP) is -0.516. The number of carbonyl (C=O) groups is 1. The minimum atomic E-state index is -0.562. The molecule has 0 fully saturated rings. The SMILES string of the molecule is [B]c1cc2nc(C(=O)OC)cc(N=CC=CN)n2n1. The lowest BCUT2D eigenvalue weighted by Crippen LogP contribution is -2.07. The van der Waals surface area contributed by atoms with E-state index in [1.54, 1.807) is 0 Å². The molecule has 0 aliphatic rings. The maximum Gasteiger partial charge on any atom is 0.356 e. The molecule has 2 heterocycles. The Balaban J connectivity index is 2.60. The zero-order chi connectivity index (χ0) is 13.8. The number of fused-ring (bicyclic) bond motifs is 1. The van der Waals surface area contributed by atoms with Crippen molar-refractivity contribution in [3.05, 3.63) is 30.1 Å². The highest BCUT2D eigenvalue weighted by Gasteiger charge is 2.12. The first-order chi connectivity index (χ1) is 9.15. The van der Waals surface area contributed by atoms with Crippen LogP contribution < -0.4 is 11.3 Å². The molecule has 8 heteroatoms. The van der Waals surface area contributed by atoms with Crippen LogP contribution in [0.2, 0.25) is 0 Å². The highest BCUT2D eigenvalue weighted by atomic mass is 16.5. The van der Waals surface area contributed by atoms with Gasteiger partial charge in [-0.05, 0) is 18.3 Å². The monoisotopic (exact) mass is 255 g/mol. The summed E-state index contributed by atoms with van der Waals surface area (Å²) in [6.45, 7) is 0. The van der Waals surface area contributed by atoms with Crippen LogP contribution in [0.5, 0.6) is 0 Å². The Kier molecular flexibility index (Phi) is 3.60. The molecular formula is C11H10BN5O2. The third-order valence-electron chi connectivity index (χ3n) is 2.23. The number of carbonyl (C=O) groups excluding carboxylic acids is 1. The third-order valence-corrected chi connectivity index (χ3v) is 2.23. The van der Waals surface area contributed by atoms with Crippen LogP contribution >= 0.6 is 0 Å². The van der Waals surface area contributed by atoms with Gasteiger partial charge in [0.1, 0.15) is 7.85 Å². The highest BCUT2D eigenvalue weighted by molar-refractivity contribution is 6.31. The third kappa shape index (κ3) is 2.62. The Bertz CT molecular complexity index is 677. The molecule has 0 atom stereocenters. The normalized spacial score (nSPS) is 11.6. The molecule has 7 nitrogen and oxygen atoms in total. The number of aromatic nitrogens is 3. The molecule has 0 aromatic carbocycles. The van der Waals surface area contributed by atoms with E-state index in [2.05, 4.69) is 19.8 Å². The number of hydrogen-bond acceptors (Lipinski definition) is 6. The molecule has 19 heavy (non-hydrogen) atoms. The second-order valence-corrected chi connectivity index (χ2v) is 3.49. The van der Waals surface area contributed by atoms with Crippen molar-refractivity contribution in [2.45, 2.75) is 0 Å². The van der Waals surface area contributed by atoms with E-state index in [0.717, 1.165) is 0 Å². The van der Waals surface area contributed by atoms with Gasteiger partial charge in [0.15, 0.2) is 17.2 Å². The molecule has 0 unspecified atom stereocenters. The van der Waals surface area contributed by atoms with Crippen LogP contribution in [0.3, 0.4) is 0 Å². The summed E-state index contributed by atoms with van der Waals surface area (Å²) in [5, 5.41) is 4.03. The molecule has 0 aliphatic heterocycles. The van der Waals surface area contributed by atoms with Gasteiger partial charge < -0.3 is 10.5 Å². The summed E-state index contributed by atoms with van der Waals surface area (Å²) < 4.78 is 6.04. The van der Waals surface area contributed by atoms with Crippen molar-refractivity contribution in [1.82, 2.24) is 14.6 Å². The Morgan fingerprint density at radius 2 is 2.37 bits per heavy atom. The lowest BCUT2D eigenvalue weighted by molar-refractivity contribution is 0.0594. The lowest BCUT2D eigenvalue weighted by Gasteiger charge is -2.02. The zero-order valence-electron chi connectivity index (χ0n) is 10.1. The van der Waals surface area contributed by atoms with Crippen molar-refractivity contribution in [3.63, 3.8) is 0 Å². The molecular weight excluding hydrogens is 245 g/mol. The Hall–Kier alpha value is -2.64. The van der Waals surface area contributed by atoms with Crippen molar-refractivity contribution in [3.8, 4) is 0 Å². The number of methoxy groups -OCH3 is 1. The number of esters is 1. The summed E-state index contributed by atoms with van der Waals surface area (Å²) in [7, 11) is 6.88. The average Bonchev–Trinajstić information content (AvgIpc) is 2.78. The van der Waals surface area contributed by atoms with E-state index >= 15 is 0 Å². The van der Waals surface area contributed by atoms with Gasteiger partial charge in [-0.25, -0.2) is 14.8 Å². The van der Waals surface area contributed by atoms with Gasteiger partial charge >= 0.3 is 5.97 Å². The molecule has 0 saturated heterocycles. The Morgan fingerprint density at radius 3 is 3.05 bits per heavy atom. The van der Waals surface area contributed by atoms with Crippen molar-refractivity contribution < 1.29 is 9.53 Å². The topological polar surface area (TPSA) is 94.9 Å². The second-order valence-electron chi connectivity index (χ2n) is 3.49. The van der Waals surface area contributed by atoms with Gasteiger partial charge in [-0.1, -0.05) is 0 Å². The van der Waals surface area contributed by atoms with E-state index in [-0.39, 0.29) is 11.3 Å². The van der Waals surface area contributed by atoms with Crippen LogP contribution in [0, 0.1) is 0 Å². The van der Waals surface area contributed by atoms with Crippen molar-refractivity contribution >= 4 is 37.1 Å². The molecule has 0 aliphatic carbocycles. The second kappa shape index (κ2) is 5.34. The maximum atomic E-state index is 11.5. The number of ether oxygens (including phenoxy) is 1. The van der Waals surface area contributed by atoms with Gasteiger partial charge in [-0.3, -0.25) is 0 Å². The fourth-order valence-corrected chi connectivity index (χ4v) is 1.45. The molecule has 2 aromatic rings. The summed E-state index contributed by atoms with van der Waals surface area (Å²) >= 11 is 0. The van der Waals surface area contributed by atoms with Gasteiger partial charge in [0.2, 0.25) is 0 Å². The molecule has 0 spiro atoms. The molecule has 0 amide bonds. The Morgan fingerprint density at radius 1 is 1.58 bits per heavy atom. The Labute approximate surface area is 110 Å². The largest absolute Gasteiger partial charge is 0.464 e. The molecule has 0 bridgehead atoms. The molecule has 94 valence electrons. The van der Waals surface area contributed by atoms with Gasteiger partial charge in [-0.2, -0.15) is 9.61 Å². The zero-order valence-corrected chi connectivity index (χ0v) is 10.1. The van der Waals surface area contributed by atoms with Crippen LogP contribution in [0.25, 0.3) is 5.65 Å². The number of allylic oxidation sites excluding steroid dienone is 1. The molecule has 2 rings (SSSR count). The van der Waals surface area contributed by atoms with Crippen LogP contribution in [-0.4, -0.2) is 41.7 Å². The first kappa shape index (κ1) is 12.8. The maximum absolute atomic E-state index is 11.5. The summed E-state index contributed by atoms with van der Waals surface area (Å²) in [6, 6.07) is 2.98. The summed E-state index contributed by atoms with van der Waals surface area (Å²) in [5.74, 6) is -0.173. The first-order valence-electron chi connectivity index (χ1n) is 5.31. The van der Waals surface area contributed by atoms with Gasteiger partial charge in [-0.15, -0.1) is 0 Å². The number of nitrogens with two attached hydrogens (primary N) is 1. The minimum absolute atomic E-state index is 0.124. The summed E-state index contributed by atoms with van der Waals surface area (Å²) in [6.07, 6.45) is 4.34. The first-order valence-corrected chi connectivity index (χ1v) is 5.31. The van der Waals surface area contributed by atoms with E-state index in [0.29, 0.717) is 11.5 Å². The number of rotatable bonds is 3. The number of aliphatic imine (C=N–C) groups is 1. The summed E-state index contributed by atoms with van der Waals surface area (Å²) in [5.41, 5.74) is 6.02. The quantitative estimate of drug-likeness (QED) is 0.452. The average molecular weight is 255 g/mol. The highest BCUT2D eigenvalue weighted by Crippen LogP contribution is 2.15. The van der Waals surface area contributed by atoms with E-state index < -0.39 is 5.97 Å². The van der Waals surface area contributed by atoms with Crippen molar-refractivity contribution in [2.24, 2.45) is 10.7 Å². The number of hydrogen-bond donors (Lipinski definition) is 1. The predicted molar refractivity (Wildman–Crippen MR) is 71.2 cm³/mol. The van der Waals surface area contributed by atoms with Crippen LogP contribution in [0.4, 0.5) is 5.82 Å². The summed E-state index contributed by atoms with van der Waals surface area (Å²) in [4.78, 5) is 19.7. The van der Waals surface area contributed by atoms with E-state index in [1.807, 2.05) is 0 Å². The van der Waals surface area contributed by atoms with Gasteiger partial charge in [0.25, 0.3) is 0 Å². The van der Waals surface area contributed by atoms with Crippen LogP contribution in [-0.2, 0) is 4.74 Å². The fraction of sp³-hybridized carbons (Fsp3) is 0.0909. The van der Waals surface area contributed by atoms with Crippen LogP contribution in [0.1, 0.15) is 10.5 Å². The van der Waals surface area contributed by atoms with E-state index in [1.165, 1.54) is 42.2 Å².